The van der Waals surface area contributed by atoms with Crippen molar-refractivity contribution >= 4 is 0 Å². The molecule has 2 atom stereocenters. The van der Waals surface area contributed by atoms with E-state index in [0.717, 1.165) is 76.1 Å². The Morgan fingerprint density at radius 1 is 1.10 bits per heavy atom. The van der Waals surface area contributed by atoms with Crippen LogP contribution in [0.5, 0.6) is 0 Å². The third kappa shape index (κ3) is 4.61. The first kappa shape index (κ1) is 19.4. The molecule has 1 aromatic carbocycles. The molecule has 2 aliphatic heterocycles. The molecule has 30 heavy (non-hydrogen) atoms. The van der Waals surface area contributed by atoms with Gasteiger partial charge in [0.2, 0.25) is 0 Å². The van der Waals surface area contributed by atoms with E-state index in [9.17, 15) is 0 Å². The zero-order valence-electron chi connectivity index (χ0n) is 17.1. The van der Waals surface area contributed by atoms with Gasteiger partial charge in [0, 0.05) is 44.2 Å². The van der Waals surface area contributed by atoms with Crippen LogP contribution in [0.2, 0.25) is 0 Å². The van der Waals surface area contributed by atoms with Crippen molar-refractivity contribution in [3.8, 4) is 11.4 Å². The molecule has 2 saturated heterocycles. The Kier molecular flexibility index (Phi) is 5.87. The molecular weight excluding hydrogens is 380 g/mol. The van der Waals surface area contributed by atoms with Crippen molar-refractivity contribution in [2.75, 3.05) is 32.9 Å². The molecule has 8 nitrogen and oxygen atoms in total. The molecule has 158 valence electrons. The van der Waals surface area contributed by atoms with Crippen LogP contribution in [0, 0.1) is 5.92 Å². The summed E-state index contributed by atoms with van der Waals surface area (Å²) in [4.78, 5) is 11.2. The lowest BCUT2D eigenvalue weighted by Crippen LogP contribution is -2.35. The number of hydrogen-bond donors (Lipinski definition) is 1. The van der Waals surface area contributed by atoms with E-state index in [1.54, 1.807) is 0 Å². The molecule has 8 heteroatoms. The third-order valence-corrected chi connectivity index (χ3v) is 5.97. The number of hydrogen-bond acceptors (Lipinski definition) is 6. The van der Waals surface area contributed by atoms with Crippen molar-refractivity contribution in [1.82, 2.24) is 29.6 Å². The van der Waals surface area contributed by atoms with Gasteiger partial charge in [-0.05, 0) is 24.3 Å². The highest BCUT2D eigenvalue weighted by molar-refractivity contribution is 5.55. The van der Waals surface area contributed by atoms with E-state index in [1.165, 1.54) is 5.56 Å². The van der Waals surface area contributed by atoms with Crippen molar-refractivity contribution in [1.29, 1.82) is 0 Å². The summed E-state index contributed by atoms with van der Waals surface area (Å²) in [5.74, 6) is 2.25. The van der Waals surface area contributed by atoms with Gasteiger partial charge < -0.3 is 14.0 Å². The van der Waals surface area contributed by atoms with E-state index in [2.05, 4.69) is 53.9 Å². The summed E-state index contributed by atoms with van der Waals surface area (Å²) in [7, 11) is 0. The SMILES string of the molecule is c1cn(CC2CCOC(c3ccc(-c4n[nH]c(CN5CCOCC5)n4)cc3)C2)cn1. The molecule has 0 amide bonds. The van der Waals surface area contributed by atoms with Gasteiger partial charge in [0.05, 0.1) is 32.2 Å². The number of nitrogens with zero attached hydrogens (tertiary/aromatic N) is 5. The first-order valence-corrected chi connectivity index (χ1v) is 10.7. The number of H-pyrrole nitrogens is 1. The predicted molar refractivity (Wildman–Crippen MR) is 112 cm³/mol. The molecule has 0 saturated carbocycles. The second-order valence-electron chi connectivity index (χ2n) is 8.13. The van der Waals surface area contributed by atoms with Crippen molar-refractivity contribution < 1.29 is 9.47 Å². The third-order valence-electron chi connectivity index (χ3n) is 5.97. The van der Waals surface area contributed by atoms with Gasteiger partial charge in [0.1, 0.15) is 5.82 Å². The summed E-state index contributed by atoms with van der Waals surface area (Å²) < 4.78 is 13.6. The summed E-state index contributed by atoms with van der Waals surface area (Å²) in [6.45, 7) is 6.03. The molecule has 4 heterocycles. The lowest BCUT2D eigenvalue weighted by molar-refractivity contribution is -0.0138. The number of rotatable bonds is 6. The quantitative estimate of drug-likeness (QED) is 0.675. The Balaban J connectivity index is 1.21. The summed E-state index contributed by atoms with van der Waals surface area (Å²) >= 11 is 0. The largest absolute Gasteiger partial charge is 0.379 e. The number of imidazole rings is 1. The van der Waals surface area contributed by atoms with Gasteiger partial charge in [0.15, 0.2) is 5.82 Å². The van der Waals surface area contributed by atoms with Crippen LogP contribution in [-0.4, -0.2) is 62.5 Å². The Bertz CT molecular complexity index is 918. The lowest BCUT2D eigenvalue weighted by atomic mass is 9.91. The van der Waals surface area contributed by atoms with E-state index in [4.69, 9.17) is 9.47 Å². The highest BCUT2D eigenvalue weighted by atomic mass is 16.5. The van der Waals surface area contributed by atoms with Gasteiger partial charge in [-0.2, -0.15) is 5.10 Å². The maximum Gasteiger partial charge on any atom is 0.181 e. The van der Waals surface area contributed by atoms with Crippen LogP contribution in [0.3, 0.4) is 0 Å². The summed E-state index contributed by atoms with van der Waals surface area (Å²) in [6.07, 6.45) is 8.03. The fourth-order valence-corrected chi connectivity index (χ4v) is 4.27. The fraction of sp³-hybridized carbons (Fsp3) is 0.500. The van der Waals surface area contributed by atoms with Crippen LogP contribution >= 0.6 is 0 Å². The number of aromatic nitrogens is 5. The minimum absolute atomic E-state index is 0.144. The second-order valence-corrected chi connectivity index (χ2v) is 8.13. The van der Waals surface area contributed by atoms with Crippen molar-refractivity contribution in [2.45, 2.75) is 32.0 Å². The van der Waals surface area contributed by atoms with Crippen LogP contribution in [0.15, 0.2) is 43.0 Å². The molecular formula is C22H28N6O2. The van der Waals surface area contributed by atoms with Crippen molar-refractivity contribution in [3.63, 3.8) is 0 Å². The molecule has 3 aromatic rings. The van der Waals surface area contributed by atoms with E-state index in [1.807, 2.05) is 18.7 Å². The predicted octanol–water partition coefficient (Wildman–Crippen LogP) is 2.67. The number of nitrogens with one attached hydrogen (secondary N) is 1. The first-order chi connectivity index (χ1) is 14.8. The topological polar surface area (TPSA) is 81.1 Å². The summed E-state index contributed by atoms with van der Waals surface area (Å²) in [6, 6.07) is 8.49. The summed E-state index contributed by atoms with van der Waals surface area (Å²) in [5, 5.41) is 7.49. The maximum atomic E-state index is 6.07. The summed E-state index contributed by atoms with van der Waals surface area (Å²) in [5.41, 5.74) is 2.24. The highest BCUT2D eigenvalue weighted by Gasteiger charge is 2.24. The van der Waals surface area contributed by atoms with Crippen LogP contribution in [0.25, 0.3) is 11.4 Å². The first-order valence-electron chi connectivity index (χ1n) is 10.7. The fourth-order valence-electron chi connectivity index (χ4n) is 4.27. The van der Waals surface area contributed by atoms with E-state index in [0.29, 0.717) is 5.92 Å². The number of benzene rings is 1. The number of ether oxygens (including phenoxy) is 2. The van der Waals surface area contributed by atoms with Gasteiger partial charge >= 0.3 is 0 Å². The second kappa shape index (κ2) is 9.07. The van der Waals surface area contributed by atoms with Crippen molar-refractivity contribution in [2.24, 2.45) is 5.92 Å². The molecule has 2 fully saturated rings. The average Bonchev–Trinajstić information content (AvgIpc) is 3.47. The number of morpholine rings is 1. The van der Waals surface area contributed by atoms with Gasteiger partial charge in [-0.1, -0.05) is 24.3 Å². The maximum absolute atomic E-state index is 6.07. The lowest BCUT2D eigenvalue weighted by Gasteiger charge is -2.30. The Hall–Kier alpha value is -2.55. The van der Waals surface area contributed by atoms with Crippen molar-refractivity contribution in [3.05, 3.63) is 54.4 Å². The van der Waals surface area contributed by atoms with Crippen LogP contribution < -0.4 is 0 Å². The smallest absolute Gasteiger partial charge is 0.181 e. The highest BCUT2D eigenvalue weighted by Crippen LogP contribution is 2.33. The average molecular weight is 409 g/mol. The Morgan fingerprint density at radius 3 is 2.77 bits per heavy atom. The zero-order chi connectivity index (χ0) is 20.2. The molecule has 5 rings (SSSR count). The van der Waals surface area contributed by atoms with Gasteiger partial charge in [-0.3, -0.25) is 10.00 Å². The molecule has 0 radical (unpaired) electrons. The Morgan fingerprint density at radius 2 is 1.97 bits per heavy atom. The standard InChI is InChI=1S/C22H28N6O2/c1-3-19(22-24-21(25-26-22)15-27-8-11-29-12-9-27)4-2-18(1)20-13-17(5-10-30-20)14-28-7-6-23-16-28/h1-4,6-7,16-17,20H,5,8-15H2,(H,24,25,26). The van der Waals surface area contributed by atoms with Crippen LogP contribution in [0.1, 0.15) is 30.3 Å². The normalized spacial score (nSPS) is 22.9. The van der Waals surface area contributed by atoms with Crippen LogP contribution in [-0.2, 0) is 22.6 Å². The Labute approximate surface area is 176 Å². The van der Waals surface area contributed by atoms with Gasteiger partial charge in [-0.15, -0.1) is 0 Å². The zero-order valence-corrected chi connectivity index (χ0v) is 17.1. The minimum Gasteiger partial charge on any atom is -0.379 e. The molecule has 0 aliphatic carbocycles. The monoisotopic (exact) mass is 408 g/mol. The number of aromatic amines is 1. The van der Waals surface area contributed by atoms with E-state index in [-0.39, 0.29) is 6.10 Å². The minimum atomic E-state index is 0.144. The van der Waals surface area contributed by atoms with Crippen LogP contribution in [0.4, 0.5) is 0 Å². The van der Waals surface area contributed by atoms with E-state index >= 15 is 0 Å². The molecule has 0 bridgehead atoms. The molecule has 2 unspecified atom stereocenters. The molecule has 0 spiro atoms. The molecule has 1 N–H and O–H groups in total. The molecule has 2 aliphatic rings. The molecule has 2 aromatic heterocycles. The van der Waals surface area contributed by atoms with Gasteiger partial charge in [-0.25, -0.2) is 9.97 Å². The van der Waals surface area contributed by atoms with E-state index < -0.39 is 0 Å². The van der Waals surface area contributed by atoms with Gasteiger partial charge in [0.25, 0.3) is 0 Å².